The molecule has 0 spiro atoms. The van der Waals surface area contributed by atoms with Gasteiger partial charge < -0.3 is 4.74 Å². The van der Waals surface area contributed by atoms with Crippen LogP contribution in [0.3, 0.4) is 0 Å². The van der Waals surface area contributed by atoms with E-state index in [4.69, 9.17) is 22.2 Å². The molecule has 0 aliphatic rings. The van der Waals surface area contributed by atoms with Gasteiger partial charge in [-0.25, -0.2) is 8.78 Å². The Hall–Kier alpha value is -0.270. The normalized spacial score (nSPS) is 13.3. The van der Waals surface area contributed by atoms with Crippen LogP contribution in [-0.2, 0) is 4.74 Å². The quantitative estimate of drug-likeness (QED) is 0.455. The van der Waals surface area contributed by atoms with Gasteiger partial charge in [0.2, 0.25) is 0 Å². The molecule has 1 aromatic rings. The molecule has 1 rings (SSSR count). The average molecular weight is 271 g/mol. The molecule has 0 aliphatic heterocycles. The number of thiophene rings is 1. The standard InChI is InChI=1S/C9H13ClF2N2OS/c10-8-2-1-7(16-8)6(14-13)3-4-15-5-9(11)12/h1-2,6,9,14H,3-5,13H2. The van der Waals surface area contributed by atoms with Gasteiger partial charge in [-0.1, -0.05) is 11.6 Å². The maximum absolute atomic E-state index is 11.8. The van der Waals surface area contributed by atoms with Crippen LogP contribution in [0.1, 0.15) is 17.3 Å². The Morgan fingerprint density at radius 2 is 2.25 bits per heavy atom. The fourth-order valence-corrected chi connectivity index (χ4v) is 2.35. The molecule has 0 amide bonds. The highest BCUT2D eigenvalue weighted by Crippen LogP contribution is 2.28. The summed E-state index contributed by atoms with van der Waals surface area (Å²) in [4.78, 5) is 0.966. The van der Waals surface area contributed by atoms with Crippen LogP contribution in [0.2, 0.25) is 4.34 Å². The van der Waals surface area contributed by atoms with E-state index in [9.17, 15) is 8.78 Å². The zero-order valence-electron chi connectivity index (χ0n) is 8.46. The Kier molecular flexibility index (Phi) is 6.15. The van der Waals surface area contributed by atoms with E-state index in [1.54, 1.807) is 6.07 Å². The summed E-state index contributed by atoms with van der Waals surface area (Å²) in [6, 6.07) is 3.51. The molecule has 1 unspecified atom stereocenters. The number of hydrogen-bond acceptors (Lipinski definition) is 4. The lowest BCUT2D eigenvalue weighted by Crippen LogP contribution is -2.28. The highest BCUT2D eigenvalue weighted by molar-refractivity contribution is 7.16. The van der Waals surface area contributed by atoms with E-state index in [0.717, 1.165) is 4.88 Å². The summed E-state index contributed by atoms with van der Waals surface area (Å²) < 4.78 is 29.0. The summed E-state index contributed by atoms with van der Waals surface area (Å²) in [5.74, 6) is 5.37. The molecular formula is C9H13ClF2N2OS. The molecule has 92 valence electrons. The van der Waals surface area contributed by atoms with Crippen molar-refractivity contribution < 1.29 is 13.5 Å². The Morgan fingerprint density at radius 1 is 1.50 bits per heavy atom. The number of nitrogens with one attached hydrogen (secondary N) is 1. The van der Waals surface area contributed by atoms with Crippen LogP contribution in [-0.4, -0.2) is 19.6 Å². The van der Waals surface area contributed by atoms with Crippen molar-refractivity contribution in [1.29, 1.82) is 0 Å². The van der Waals surface area contributed by atoms with E-state index in [-0.39, 0.29) is 12.6 Å². The van der Waals surface area contributed by atoms with Gasteiger partial charge in [0, 0.05) is 11.5 Å². The summed E-state index contributed by atoms with van der Waals surface area (Å²) in [5.41, 5.74) is 2.60. The molecule has 0 fully saturated rings. The largest absolute Gasteiger partial charge is 0.375 e. The molecule has 3 nitrogen and oxygen atoms in total. The van der Waals surface area contributed by atoms with Gasteiger partial charge in [0.25, 0.3) is 6.43 Å². The van der Waals surface area contributed by atoms with Crippen molar-refractivity contribution in [3.05, 3.63) is 21.3 Å². The minimum atomic E-state index is -2.43. The minimum absolute atomic E-state index is 0.116. The highest BCUT2D eigenvalue weighted by Gasteiger charge is 2.12. The zero-order chi connectivity index (χ0) is 12.0. The van der Waals surface area contributed by atoms with Crippen molar-refractivity contribution in [1.82, 2.24) is 5.43 Å². The fraction of sp³-hybridized carbons (Fsp3) is 0.556. The lowest BCUT2D eigenvalue weighted by atomic mass is 10.2. The first-order chi connectivity index (χ1) is 7.63. The number of nitrogens with two attached hydrogens (primary N) is 1. The lowest BCUT2D eigenvalue weighted by Gasteiger charge is -2.13. The van der Waals surface area contributed by atoms with Gasteiger partial charge in [-0.15, -0.1) is 11.3 Å². The number of halogens is 3. The van der Waals surface area contributed by atoms with Gasteiger partial charge in [-0.05, 0) is 18.6 Å². The maximum atomic E-state index is 11.8. The predicted octanol–water partition coefficient (Wildman–Crippen LogP) is 2.58. The van der Waals surface area contributed by atoms with Crippen LogP contribution in [0, 0.1) is 0 Å². The smallest absolute Gasteiger partial charge is 0.261 e. The van der Waals surface area contributed by atoms with Crippen LogP contribution in [0.5, 0.6) is 0 Å². The molecule has 1 aromatic heterocycles. The van der Waals surface area contributed by atoms with Crippen LogP contribution in [0.25, 0.3) is 0 Å². The molecule has 1 atom stereocenters. The highest BCUT2D eigenvalue weighted by atomic mass is 35.5. The number of rotatable bonds is 7. The van der Waals surface area contributed by atoms with Crippen molar-refractivity contribution in [3.8, 4) is 0 Å². The number of hydrogen-bond donors (Lipinski definition) is 2. The number of hydrazine groups is 1. The van der Waals surface area contributed by atoms with E-state index < -0.39 is 13.0 Å². The third-order valence-corrected chi connectivity index (χ3v) is 3.28. The first-order valence-corrected chi connectivity index (χ1v) is 5.90. The topological polar surface area (TPSA) is 47.3 Å². The summed E-state index contributed by atoms with van der Waals surface area (Å²) in [7, 11) is 0. The Morgan fingerprint density at radius 3 is 2.75 bits per heavy atom. The second-order valence-electron chi connectivity index (χ2n) is 3.12. The van der Waals surface area contributed by atoms with Crippen molar-refractivity contribution >= 4 is 22.9 Å². The van der Waals surface area contributed by atoms with Crippen molar-refractivity contribution in [2.45, 2.75) is 18.9 Å². The molecule has 1 heterocycles. The monoisotopic (exact) mass is 270 g/mol. The SMILES string of the molecule is NNC(CCOCC(F)F)c1ccc(Cl)s1. The molecule has 0 aromatic carbocycles. The Balaban J connectivity index is 2.32. The summed E-state index contributed by atoms with van der Waals surface area (Å²) in [5, 5.41) is 0. The summed E-state index contributed by atoms with van der Waals surface area (Å²) >= 11 is 7.19. The molecule has 0 bridgehead atoms. The maximum Gasteiger partial charge on any atom is 0.261 e. The number of alkyl halides is 2. The van der Waals surface area contributed by atoms with E-state index >= 15 is 0 Å². The molecule has 7 heteroatoms. The van der Waals surface area contributed by atoms with Crippen LogP contribution < -0.4 is 11.3 Å². The molecule has 16 heavy (non-hydrogen) atoms. The second-order valence-corrected chi connectivity index (χ2v) is 4.86. The Bertz CT molecular complexity index is 311. The van der Waals surface area contributed by atoms with Gasteiger partial charge in [-0.2, -0.15) is 0 Å². The third kappa shape index (κ3) is 4.71. The fourth-order valence-electron chi connectivity index (χ4n) is 1.20. The molecule has 0 radical (unpaired) electrons. The van der Waals surface area contributed by atoms with Gasteiger partial charge in [0.05, 0.1) is 10.4 Å². The average Bonchev–Trinajstić information content (AvgIpc) is 2.64. The van der Waals surface area contributed by atoms with E-state index in [1.165, 1.54) is 11.3 Å². The van der Waals surface area contributed by atoms with Crippen molar-refractivity contribution in [2.75, 3.05) is 13.2 Å². The van der Waals surface area contributed by atoms with Crippen LogP contribution >= 0.6 is 22.9 Å². The van der Waals surface area contributed by atoms with Crippen molar-refractivity contribution in [3.63, 3.8) is 0 Å². The molecule has 0 aliphatic carbocycles. The second kappa shape index (κ2) is 7.13. The van der Waals surface area contributed by atoms with Crippen molar-refractivity contribution in [2.24, 2.45) is 5.84 Å². The molecule has 0 saturated heterocycles. The third-order valence-electron chi connectivity index (χ3n) is 1.93. The van der Waals surface area contributed by atoms with Gasteiger partial charge in [-0.3, -0.25) is 11.3 Å². The van der Waals surface area contributed by atoms with Gasteiger partial charge >= 0.3 is 0 Å². The number of ether oxygens (including phenoxy) is 1. The molecule has 3 N–H and O–H groups in total. The molecule has 0 saturated carbocycles. The minimum Gasteiger partial charge on any atom is -0.375 e. The van der Waals surface area contributed by atoms with E-state index in [0.29, 0.717) is 10.8 Å². The summed E-state index contributed by atoms with van der Waals surface area (Å²) in [6.07, 6.45) is -1.90. The van der Waals surface area contributed by atoms with Gasteiger partial charge in [0.1, 0.15) is 6.61 Å². The van der Waals surface area contributed by atoms with Crippen LogP contribution in [0.15, 0.2) is 12.1 Å². The first-order valence-electron chi connectivity index (χ1n) is 4.70. The Labute approximate surface area is 102 Å². The zero-order valence-corrected chi connectivity index (χ0v) is 10.0. The predicted molar refractivity (Wildman–Crippen MR) is 60.8 cm³/mol. The van der Waals surface area contributed by atoms with Gasteiger partial charge in [0.15, 0.2) is 0 Å². The first kappa shape index (κ1) is 13.8. The van der Waals surface area contributed by atoms with Crippen LogP contribution in [0.4, 0.5) is 8.78 Å². The molecular weight excluding hydrogens is 258 g/mol. The van der Waals surface area contributed by atoms with E-state index in [1.807, 2.05) is 6.07 Å². The van der Waals surface area contributed by atoms with E-state index in [2.05, 4.69) is 5.43 Å². The lowest BCUT2D eigenvalue weighted by molar-refractivity contribution is 0.0144. The summed E-state index contributed by atoms with van der Waals surface area (Å²) in [6.45, 7) is -0.308.